The van der Waals surface area contributed by atoms with Gasteiger partial charge in [-0.1, -0.05) is 13.8 Å². The van der Waals surface area contributed by atoms with Crippen LogP contribution in [0.5, 0.6) is 0 Å². The van der Waals surface area contributed by atoms with E-state index in [9.17, 15) is 0 Å². The summed E-state index contributed by atoms with van der Waals surface area (Å²) in [7, 11) is 0. The third-order valence-corrected chi connectivity index (χ3v) is 3.33. The first-order valence-corrected chi connectivity index (χ1v) is 5.26. The van der Waals surface area contributed by atoms with E-state index in [0.29, 0.717) is 0 Å². The fraction of sp³-hybridized carbons (Fsp3) is 1.00. The van der Waals surface area contributed by atoms with E-state index in [1.54, 1.807) is 0 Å². The van der Waals surface area contributed by atoms with Crippen LogP contribution in [0, 0.1) is 5.92 Å². The Morgan fingerprint density at radius 1 is 1.33 bits per heavy atom. The Labute approximate surface area is 75.3 Å². The van der Waals surface area contributed by atoms with Crippen molar-refractivity contribution in [2.45, 2.75) is 38.8 Å². The van der Waals surface area contributed by atoms with Crippen molar-refractivity contribution in [3.8, 4) is 0 Å². The first kappa shape index (κ1) is 8.52. The molecule has 0 aromatic heterocycles. The molecular weight excluding hydrogens is 148 g/mol. The monoisotopic (exact) mass is 168 g/mol. The Kier molecular flexibility index (Phi) is 2.37. The summed E-state index contributed by atoms with van der Waals surface area (Å²) in [6, 6.07) is 1.60. The highest BCUT2D eigenvalue weighted by molar-refractivity contribution is 4.94. The number of nitrogens with zero attached hydrogens (tertiary/aromatic N) is 1. The van der Waals surface area contributed by atoms with Crippen LogP contribution in [0.25, 0.3) is 0 Å². The molecular formula is C10H20N2. The molecule has 2 nitrogen and oxygen atoms in total. The third kappa shape index (κ3) is 1.38. The van der Waals surface area contributed by atoms with Crippen LogP contribution in [0.4, 0.5) is 0 Å². The number of nitrogens with one attached hydrogen (secondary N) is 1. The lowest BCUT2D eigenvalue weighted by Gasteiger charge is -2.39. The summed E-state index contributed by atoms with van der Waals surface area (Å²) < 4.78 is 0. The van der Waals surface area contributed by atoms with Gasteiger partial charge in [0.1, 0.15) is 0 Å². The first-order valence-electron chi connectivity index (χ1n) is 5.26. The summed E-state index contributed by atoms with van der Waals surface area (Å²) >= 11 is 0. The molecule has 70 valence electrons. The molecule has 0 aliphatic carbocycles. The number of rotatable bonds is 1. The summed E-state index contributed by atoms with van der Waals surface area (Å²) in [5, 5.41) is 3.65. The summed E-state index contributed by atoms with van der Waals surface area (Å²) in [6.07, 6.45) is 2.82. The molecule has 2 fully saturated rings. The van der Waals surface area contributed by atoms with Crippen LogP contribution in [0.3, 0.4) is 0 Å². The van der Waals surface area contributed by atoms with Crippen LogP contribution in [-0.4, -0.2) is 36.6 Å². The van der Waals surface area contributed by atoms with Crippen molar-refractivity contribution in [1.29, 1.82) is 0 Å². The van der Waals surface area contributed by atoms with Crippen molar-refractivity contribution in [3.63, 3.8) is 0 Å². The lowest BCUT2D eigenvalue weighted by atomic mass is 9.93. The van der Waals surface area contributed by atoms with Crippen LogP contribution in [-0.2, 0) is 0 Å². The minimum atomic E-state index is 0.751. The van der Waals surface area contributed by atoms with Crippen molar-refractivity contribution >= 4 is 0 Å². The molecule has 0 aromatic rings. The highest BCUT2D eigenvalue weighted by Gasteiger charge is 2.35. The highest BCUT2D eigenvalue weighted by Crippen LogP contribution is 2.25. The number of hydrogen-bond donors (Lipinski definition) is 1. The van der Waals surface area contributed by atoms with Crippen molar-refractivity contribution in [2.75, 3.05) is 19.6 Å². The maximum atomic E-state index is 3.65. The smallest absolute Gasteiger partial charge is 0.0252 e. The van der Waals surface area contributed by atoms with Crippen LogP contribution in [0.2, 0.25) is 0 Å². The van der Waals surface area contributed by atoms with E-state index < -0.39 is 0 Å². The van der Waals surface area contributed by atoms with Gasteiger partial charge in [-0.2, -0.15) is 0 Å². The standard InChI is InChI=1S/C10H20N2/c1-8(2)10-9-4-3-6-12(9)7-5-11-10/h8-11H,3-7H2,1-2H3. The average molecular weight is 168 g/mol. The van der Waals surface area contributed by atoms with E-state index >= 15 is 0 Å². The van der Waals surface area contributed by atoms with Gasteiger partial charge in [0, 0.05) is 25.2 Å². The molecule has 2 saturated heterocycles. The van der Waals surface area contributed by atoms with Crippen molar-refractivity contribution in [2.24, 2.45) is 5.92 Å². The molecule has 2 rings (SSSR count). The van der Waals surface area contributed by atoms with Crippen molar-refractivity contribution in [1.82, 2.24) is 10.2 Å². The molecule has 0 bridgehead atoms. The molecule has 12 heavy (non-hydrogen) atoms. The van der Waals surface area contributed by atoms with Crippen LogP contribution < -0.4 is 5.32 Å². The Hall–Kier alpha value is -0.0800. The minimum Gasteiger partial charge on any atom is -0.311 e. The first-order chi connectivity index (χ1) is 5.79. The van der Waals surface area contributed by atoms with Gasteiger partial charge >= 0.3 is 0 Å². The molecule has 0 radical (unpaired) electrons. The molecule has 0 saturated carbocycles. The lowest BCUT2D eigenvalue weighted by molar-refractivity contribution is 0.137. The maximum absolute atomic E-state index is 3.65. The lowest BCUT2D eigenvalue weighted by Crippen LogP contribution is -2.57. The summed E-state index contributed by atoms with van der Waals surface area (Å²) in [4.78, 5) is 2.67. The third-order valence-electron chi connectivity index (χ3n) is 3.33. The van der Waals surface area contributed by atoms with Gasteiger partial charge in [0.2, 0.25) is 0 Å². The van der Waals surface area contributed by atoms with Gasteiger partial charge in [0.05, 0.1) is 0 Å². The van der Waals surface area contributed by atoms with Gasteiger partial charge in [0.15, 0.2) is 0 Å². The van der Waals surface area contributed by atoms with Crippen LogP contribution in [0.1, 0.15) is 26.7 Å². The molecule has 2 heteroatoms. The maximum Gasteiger partial charge on any atom is 0.0252 e. The highest BCUT2D eigenvalue weighted by atomic mass is 15.2. The fourth-order valence-corrected chi connectivity index (χ4v) is 2.73. The quantitative estimate of drug-likeness (QED) is 0.630. The van der Waals surface area contributed by atoms with E-state index in [2.05, 4.69) is 24.1 Å². The summed E-state index contributed by atoms with van der Waals surface area (Å²) in [6.45, 7) is 8.47. The summed E-state index contributed by atoms with van der Waals surface area (Å²) in [5.41, 5.74) is 0. The number of hydrogen-bond acceptors (Lipinski definition) is 2. The minimum absolute atomic E-state index is 0.751. The Morgan fingerprint density at radius 3 is 2.92 bits per heavy atom. The molecule has 2 heterocycles. The van der Waals surface area contributed by atoms with E-state index in [1.165, 1.54) is 32.5 Å². The van der Waals surface area contributed by atoms with Gasteiger partial charge in [-0.05, 0) is 25.3 Å². The molecule has 2 atom stereocenters. The van der Waals surface area contributed by atoms with E-state index in [0.717, 1.165) is 18.0 Å². The molecule has 2 unspecified atom stereocenters. The molecule has 2 aliphatic rings. The van der Waals surface area contributed by atoms with Crippen molar-refractivity contribution in [3.05, 3.63) is 0 Å². The number of piperazine rings is 1. The van der Waals surface area contributed by atoms with Gasteiger partial charge in [-0.3, -0.25) is 4.90 Å². The predicted molar refractivity (Wildman–Crippen MR) is 51.2 cm³/mol. The fourth-order valence-electron chi connectivity index (χ4n) is 2.73. The second kappa shape index (κ2) is 3.35. The van der Waals surface area contributed by atoms with Crippen LogP contribution in [0.15, 0.2) is 0 Å². The second-order valence-electron chi connectivity index (χ2n) is 4.47. The zero-order chi connectivity index (χ0) is 8.55. The van der Waals surface area contributed by atoms with E-state index in [4.69, 9.17) is 0 Å². The molecule has 0 aromatic carbocycles. The van der Waals surface area contributed by atoms with Gasteiger partial charge < -0.3 is 5.32 Å². The molecule has 0 spiro atoms. The molecule has 2 aliphatic heterocycles. The van der Waals surface area contributed by atoms with Crippen molar-refractivity contribution < 1.29 is 0 Å². The average Bonchev–Trinajstić information content (AvgIpc) is 2.49. The Balaban J connectivity index is 2.03. The zero-order valence-corrected chi connectivity index (χ0v) is 8.21. The number of fused-ring (bicyclic) bond motifs is 1. The largest absolute Gasteiger partial charge is 0.311 e. The predicted octanol–water partition coefficient (Wildman–Crippen LogP) is 1.08. The Bertz CT molecular complexity index is 156. The second-order valence-corrected chi connectivity index (χ2v) is 4.47. The van der Waals surface area contributed by atoms with Gasteiger partial charge in [-0.15, -0.1) is 0 Å². The zero-order valence-electron chi connectivity index (χ0n) is 8.21. The van der Waals surface area contributed by atoms with Gasteiger partial charge in [-0.25, -0.2) is 0 Å². The van der Waals surface area contributed by atoms with E-state index in [-0.39, 0.29) is 0 Å². The molecule has 0 amide bonds. The molecule has 1 N–H and O–H groups in total. The van der Waals surface area contributed by atoms with Gasteiger partial charge in [0.25, 0.3) is 0 Å². The summed E-state index contributed by atoms with van der Waals surface area (Å²) in [5.74, 6) is 0.788. The SMILES string of the molecule is CC(C)C1NCCN2CCCC12. The van der Waals surface area contributed by atoms with E-state index in [1.807, 2.05) is 0 Å². The normalized spacial score (nSPS) is 37.2. The Morgan fingerprint density at radius 2 is 2.17 bits per heavy atom. The topological polar surface area (TPSA) is 15.3 Å². The van der Waals surface area contributed by atoms with Crippen LogP contribution >= 0.6 is 0 Å².